The predicted octanol–water partition coefficient (Wildman–Crippen LogP) is 3.89. The zero-order chi connectivity index (χ0) is 14.5. The topological polar surface area (TPSA) is 38.3 Å². The fraction of sp³-hybridized carbons (Fsp3) is 0.133. The number of benzene rings is 2. The van der Waals surface area contributed by atoms with Crippen LogP contribution >= 0.6 is 0 Å². The van der Waals surface area contributed by atoms with Gasteiger partial charge in [0, 0.05) is 11.8 Å². The van der Waals surface area contributed by atoms with Gasteiger partial charge in [0.25, 0.3) is 0 Å². The van der Waals surface area contributed by atoms with Crippen molar-refractivity contribution in [3.63, 3.8) is 0 Å². The highest BCUT2D eigenvalue weighted by molar-refractivity contribution is 5.90. The Kier molecular flexibility index (Phi) is 4.30. The highest BCUT2D eigenvalue weighted by Gasteiger charge is 2.08. The van der Waals surface area contributed by atoms with Gasteiger partial charge in [0.1, 0.15) is 11.6 Å². The summed E-state index contributed by atoms with van der Waals surface area (Å²) in [6, 6.07) is 9.50. The van der Waals surface area contributed by atoms with Gasteiger partial charge in [0.2, 0.25) is 0 Å². The second-order valence-corrected chi connectivity index (χ2v) is 4.05. The predicted molar refractivity (Wildman–Crippen MR) is 72.0 cm³/mol. The highest BCUT2D eigenvalue weighted by atomic mass is 19.1. The first-order valence-electron chi connectivity index (χ1n) is 6.09. The molecule has 0 unspecified atom stereocenters. The lowest BCUT2D eigenvalue weighted by atomic mass is 10.2. The molecule has 0 atom stereocenters. The molecule has 0 spiro atoms. The Morgan fingerprint density at radius 2 is 2.00 bits per heavy atom. The summed E-state index contributed by atoms with van der Waals surface area (Å²) in [4.78, 5) is 11.6. The number of nitrogens with one attached hydrogen (secondary N) is 1. The van der Waals surface area contributed by atoms with Gasteiger partial charge in [-0.2, -0.15) is 0 Å². The van der Waals surface area contributed by atoms with Crippen molar-refractivity contribution in [3.8, 4) is 0 Å². The minimum absolute atomic E-state index is 0.00556. The van der Waals surface area contributed by atoms with Gasteiger partial charge in [-0.1, -0.05) is 6.07 Å². The van der Waals surface area contributed by atoms with E-state index < -0.39 is 17.6 Å². The number of carbonyl (C=O) groups is 1. The van der Waals surface area contributed by atoms with Gasteiger partial charge >= 0.3 is 5.97 Å². The van der Waals surface area contributed by atoms with Crippen molar-refractivity contribution < 1.29 is 18.3 Å². The molecule has 20 heavy (non-hydrogen) atoms. The summed E-state index contributed by atoms with van der Waals surface area (Å²) >= 11 is 0. The number of halogens is 2. The molecule has 0 aliphatic heterocycles. The normalized spacial score (nSPS) is 10.2. The molecule has 3 nitrogen and oxygen atoms in total. The molecular formula is C15H13F2NO2. The van der Waals surface area contributed by atoms with Crippen LogP contribution in [0.4, 0.5) is 20.2 Å². The Labute approximate surface area is 115 Å². The van der Waals surface area contributed by atoms with Crippen LogP contribution < -0.4 is 5.32 Å². The summed E-state index contributed by atoms with van der Waals surface area (Å²) in [5.41, 5.74) is 0.819. The first kappa shape index (κ1) is 14.0. The number of esters is 1. The van der Waals surface area contributed by atoms with E-state index in [9.17, 15) is 13.6 Å². The molecule has 2 aromatic rings. The van der Waals surface area contributed by atoms with Crippen LogP contribution in [0, 0.1) is 11.6 Å². The summed E-state index contributed by atoms with van der Waals surface area (Å²) in [5, 5.41) is 2.73. The van der Waals surface area contributed by atoms with E-state index in [0.29, 0.717) is 11.3 Å². The number of carbonyl (C=O) groups excluding carboxylic acids is 1. The maximum atomic E-state index is 13.5. The SMILES string of the molecule is CCOC(=O)c1cccc(Nc2cc(F)ccc2F)c1. The van der Waals surface area contributed by atoms with Crippen LogP contribution in [0.3, 0.4) is 0 Å². The van der Waals surface area contributed by atoms with Crippen molar-refractivity contribution in [2.75, 3.05) is 11.9 Å². The molecule has 0 heterocycles. The zero-order valence-electron chi connectivity index (χ0n) is 10.8. The van der Waals surface area contributed by atoms with Crippen molar-refractivity contribution in [3.05, 3.63) is 59.7 Å². The fourth-order valence-corrected chi connectivity index (χ4v) is 1.69. The molecule has 1 N–H and O–H groups in total. The number of ether oxygens (including phenoxy) is 1. The summed E-state index contributed by atoms with van der Waals surface area (Å²) < 4.78 is 31.5. The molecule has 0 fully saturated rings. The zero-order valence-corrected chi connectivity index (χ0v) is 10.8. The first-order valence-corrected chi connectivity index (χ1v) is 6.09. The number of hydrogen-bond acceptors (Lipinski definition) is 3. The van der Waals surface area contributed by atoms with E-state index in [0.717, 1.165) is 18.2 Å². The Morgan fingerprint density at radius 1 is 1.20 bits per heavy atom. The van der Waals surface area contributed by atoms with Crippen molar-refractivity contribution in [1.29, 1.82) is 0 Å². The van der Waals surface area contributed by atoms with E-state index in [-0.39, 0.29) is 12.3 Å². The average Bonchev–Trinajstić information content (AvgIpc) is 2.43. The molecular weight excluding hydrogens is 264 g/mol. The third kappa shape index (κ3) is 3.32. The Hall–Kier alpha value is -2.43. The van der Waals surface area contributed by atoms with Gasteiger partial charge in [-0.3, -0.25) is 0 Å². The quantitative estimate of drug-likeness (QED) is 0.862. The Balaban J connectivity index is 2.23. The summed E-state index contributed by atoms with van der Waals surface area (Å²) in [6.45, 7) is 1.98. The van der Waals surface area contributed by atoms with E-state index >= 15 is 0 Å². The molecule has 0 aromatic heterocycles. The highest BCUT2D eigenvalue weighted by Crippen LogP contribution is 2.21. The van der Waals surface area contributed by atoms with E-state index in [1.165, 1.54) is 6.07 Å². The van der Waals surface area contributed by atoms with Gasteiger partial charge in [0.15, 0.2) is 0 Å². The van der Waals surface area contributed by atoms with Crippen LogP contribution in [0.25, 0.3) is 0 Å². The number of rotatable bonds is 4. The van der Waals surface area contributed by atoms with Crippen molar-refractivity contribution >= 4 is 17.3 Å². The van der Waals surface area contributed by atoms with Crippen molar-refractivity contribution in [2.45, 2.75) is 6.92 Å². The molecule has 104 valence electrons. The van der Waals surface area contributed by atoms with Crippen LogP contribution in [0.15, 0.2) is 42.5 Å². The fourth-order valence-electron chi connectivity index (χ4n) is 1.69. The van der Waals surface area contributed by atoms with Gasteiger partial charge in [-0.05, 0) is 37.3 Å². The third-order valence-corrected chi connectivity index (χ3v) is 2.58. The van der Waals surface area contributed by atoms with E-state index in [1.54, 1.807) is 25.1 Å². The monoisotopic (exact) mass is 277 g/mol. The molecule has 2 rings (SSSR count). The lowest BCUT2D eigenvalue weighted by Gasteiger charge is -2.09. The lowest BCUT2D eigenvalue weighted by molar-refractivity contribution is 0.0526. The maximum Gasteiger partial charge on any atom is 0.338 e. The second kappa shape index (κ2) is 6.14. The van der Waals surface area contributed by atoms with Gasteiger partial charge in [-0.25, -0.2) is 13.6 Å². The Morgan fingerprint density at radius 3 is 2.75 bits per heavy atom. The molecule has 0 saturated heterocycles. The van der Waals surface area contributed by atoms with E-state index in [4.69, 9.17) is 4.74 Å². The summed E-state index contributed by atoms with van der Waals surface area (Å²) in [6.07, 6.45) is 0. The smallest absolute Gasteiger partial charge is 0.338 e. The van der Waals surface area contributed by atoms with Gasteiger partial charge in [-0.15, -0.1) is 0 Å². The van der Waals surface area contributed by atoms with Crippen LogP contribution in [0.2, 0.25) is 0 Å². The minimum Gasteiger partial charge on any atom is -0.462 e. The maximum absolute atomic E-state index is 13.5. The van der Waals surface area contributed by atoms with E-state index in [1.807, 2.05) is 0 Å². The summed E-state index contributed by atoms with van der Waals surface area (Å²) in [7, 11) is 0. The van der Waals surface area contributed by atoms with Gasteiger partial charge < -0.3 is 10.1 Å². The third-order valence-electron chi connectivity index (χ3n) is 2.58. The first-order chi connectivity index (χ1) is 9.60. The Bertz CT molecular complexity index is 629. The molecule has 2 aromatic carbocycles. The molecule has 0 amide bonds. The van der Waals surface area contributed by atoms with Crippen LogP contribution in [0.1, 0.15) is 17.3 Å². The lowest BCUT2D eigenvalue weighted by Crippen LogP contribution is -2.05. The largest absolute Gasteiger partial charge is 0.462 e. The molecule has 0 aliphatic rings. The van der Waals surface area contributed by atoms with Crippen LogP contribution in [-0.4, -0.2) is 12.6 Å². The minimum atomic E-state index is -0.576. The molecule has 5 heteroatoms. The van der Waals surface area contributed by atoms with Gasteiger partial charge in [0.05, 0.1) is 17.9 Å². The number of anilines is 2. The second-order valence-electron chi connectivity index (χ2n) is 4.05. The molecule has 0 radical (unpaired) electrons. The van der Waals surface area contributed by atoms with Crippen LogP contribution in [-0.2, 0) is 4.74 Å². The summed E-state index contributed by atoms with van der Waals surface area (Å²) in [5.74, 6) is -1.58. The standard InChI is InChI=1S/C15H13F2NO2/c1-2-20-15(19)10-4-3-5-12(8-10)18-14-9-11(16)6-7-13(14)17/h3-9,18H,2H2,1H3. The van der Waals surface area contributed by atoms with Crippen LogP contribution in [0.5, 0.6) is 0 Å². The molecule has 0 bridgehead atoms. The van der Waals surface area contributed by atoms with E-state index in [2.05, 4.69) is 5.32 Å². The van der Waals surface area contributed by atoms with Crippen molar-refractivity contribution in [1.82, 2.24) is 0 Å². The van der Waals surface area contributed by atoms with Crippen molar-refractivity contribution in [2.24, 2.45) is 0 Å². The number of hydrogen-bond donors (Lipinski definition) is 1. The molecule has 0 aliphatic carbocycles. The average molecular weight is 277 g/mol. The molecule has 0 saturated carbocycles.